The lowest BCUT2D eigenvalue weighted by Crippen LogP contribution is -2.61. The number of nitrogens with zero attached hydrogens (tertiary/aromatic N) is 1. The molecule has 0 aromatic carbocycles. The quantitative estimate of drug-likeness (QED) is 0.116. The van der Waals surface area contributed by atoms with Gasteiger partial charge < -0.3 is 49.9 Å². The molecule has 2 fully saturated rings. The van der Waals surface area contributed by atoms with Gasteiger partial charge in [0, 0.05) is 18.2 Å². The zero-order valence-corrected chi connectivity index (χ0v) is 21.3. The molecule has 1 aromatic heterocycles. The van der Waals surface area contributed by atoms with E-state index in [-0.39, 0.29) is 12.0 Å². The highest BCUT2D eigenvalue weighted by molar-refractivity contribution is 7.61. The molecule has 9 N–H and O–H groups in total. The highest BCUT2D eigenvalue weighted by atomic mass is 31.3. The molecule has 0 aliphatic carbocycles. The first-order valence-electron chi connectivity index (χ1n) is 10.9. The molecule has 0 spiro atoms. The van der Waals surface area contributed by atoms with E-state index < -0.39 is 95.4 Å². The van der Waals surface area contributed by atoms with E-state index in [1.807, 2.05) is 4.98 Å². The Morgan fingerprint density at radius 3 is 2.39 bits per heavy atom. The first-order valence-corrected chi connectivity index (χ1v) is 13.9. The van der Waals surface area contributed by atoms with Crippen LogP contribution in [0.3, 0.4) is 0 Å². The number of nitrogens with one attached hydrogen (secondary N) is 1. The summed E-state index contributed by atoms with van der Waals surface area (Å²) < 4.78 is 49.0. The molecular weight excluding hydrogens is 566 g/mol. The Bertz CT molecular complexity index is 1190. The fraction of sp³-hybridized carbons (Fsp3) is 0.765. The van der Waals surface area contributed by atoms with E-state index in [9.17, 15) is 54.0 Å². The van der Waals surface area contributed by atoms with Crippen molar-refractivity contribution in [1.29, 1.82) is 0 Å². The summed E-state index contributed by atoms with van der Waals surface area (Å²) in [5, 5.41) is 58.5. The van der Waals surface area contributed by atoms with Crippen LogP contribution >= 0.6 is 15.6 Å². The number of ether oxygens (including phenoxy) is 2. The van der Waals surface area contributed by atoms with Gasteiger partial charge in [0.25, 0.3) is 5.56 Å². The summed E-state index contributed by atoms with van der Waals surface area (Å²) in [6.45, 7) is -0.443. The van der Waals surface area contributed by atoms with Gasteiger partial charge in [0.2, 0.25) is 0 Å². The second-order valence-corrected chi connectivity index (χ2v) is 11.5. The topological polar surface area (TPSA) is 297 Å². The van der Waals surface area contributed by atoms with E-state index in [1.54, 1.807) is 0 Å². The van der Waals surface area contributed by atoms with Crippen molar-refractivity contribution in [3.63, 3.8) is 0 Å². The monoisotopic (exact) mass is 594 g/mol. The van der Waals surface area contributed by atoms with E-state index in [0.29, 0.717) is 0 Å². The number of aryl methyl sites for hydroxylation is 1. The third kappa shape index (κ3) is 7.22. The number of aliphatic hydroxyl groups excluding tert-OH is 6. The maximum atomic E-state index is 12.3. The van der Waals surface area contributed by atoms with Gasteiger partial charge in [0.1, 0.15) is 42.9 Å². The van der Waals surface area contributed by atoms with Crippen molar-refractivity contribution < 1.29 is 72.4 Å². The average Bonchev–Trinajstić information content (AvgIpc) is 3.19. The van der Waals surface area contributed by atoms with Crippen molar-refractivity contribution in [2.45, 2.75) is 68.6 Å². The molecule has 3 heterocycles. The number of hydrogen-bond acceptors (Lipinski definition) is 15. The molecule has 0 bridgehead atoms. The van der Waals surface area contributed by atoms with Crippen LogP contribution in [-0.2, 0) is 32.0 Å². The van der Waals surface area contributed by atoms with Crippen molar-refractivity contribution in [3.05, 3.63) is 32.6 Å². The normalized spacial score (nSPS) is 35.9. The Hall–Kier alpha value is -1.38. The number of H-pyrrole nitrogens is 1. The van der Waals surface area contributed by atoms with Gasteiger partial charge >= 0.3 is 21.3 Å². The summed E-state index contributed by atoms with van der Waals surface area (Å²) in [4.78, 5) is 45.3. The van der Waals surface area contributed by atoms with Crippen LogP contribution in [0.5, 0.6) is 0 Å². The molecule has 11 atom stereocenters. The van der Waals surface area contributed by atoms with Crippen LogP contribution in [0.1, 0.15) is 18.2 Å². The van der Waals surface area contributed by atoms with E-state index in [1.165, 1.54) is 13.1 Å². The molecule has 0 saturated carbocycles. The van der Waals surface area contributed by atoms with Crippen molar-refractivity contribution >= 4 is 15.6 Å². The van der Waals surface area contributed by atoms with Gasteiger partial charge in [0.05, 0.1) is 19.3 Å². The van der Waals surface area contributed by atoms with Gasteiger partial charge in [0.15, 0.2) is 6.29 Å². The van der Waals surface area contributed by atoms with Crippen LogP contribution in [0.4, 0.5) is 0 Å². The summed E-state index contributed by atoms with van der Waals surface area (Å²) in [7, 11) is -11.1. The predicted molar refractivity (Wildman–Crippen MR) is 118 cm³/mol. The van der Waals surface area contributed by atoms with Crippen molar-refractivity contribution in [2.75, 3.05) is 13.2 Å². The lowest BCUT2D eigenvalue weighted by atomic mass is 9.96. The van der Waals surface area contributed by atoms with Crippen LogP contribution in [0.2, 0.25) is 0 Å². The SMILES string of the molecule is Cc1cn([C@H]2C[C@H](O)[C@@H](COP(=O)(O)OP(=O)(O)OC3OC([C@@H](O)CO)C(O)C(O)C3O)O2)c(=O)[nH]c1=O. The minimum atomic E-state index is -5.63. The molecule has 7 unspecified atom stereocenters. The number of hydrogen-bond donors (Lipinski definition) is 9. The van der Waals surface area contributed by atoms with Crippen LogP contribution in [0.25, 0.3) is 0 Å². The van der Waals surface area contributed by atoms with E-state index in [2.05, 4.69) is 13.4 Å². The highest BCUT2D eigenvalue weighted by Gasteiger charge is 2.50. The van der Waals surface area contributed by atoms with Crippen molar-refractivity contribution in [1.82, 2.24) is 9.55 Å². The second-order valence-electron chi connectivity index (χ2n) is 8.52. The molecule has 2 aliphatic heterocycles. The maximum Gasteiger partial charge on any atom is 0.483 e. The van der Waals surface area contributed by atoms with Crippen LogP contribution in [0.15, 0.2) is 15.8 Å². The summed E-state index contributed by atoms with van der Waals surface area (Å²) >= 11 is 0. The minimum absolute atomic E-state index is 0.167. The molecule has 0 amide bonds. The zero-order chi connectivity index (χ0) is 28.6. The summed E-state index contributed by atoms with van der Waals surface area (Å²) in [6.07, 6.45) is -14.9. The third-order valence-corrected chi connectivity index (χ3v) is 8.28. The number of phosphoric ester groups is 2. The van der Waals surface area contributed by atoms with Gasteiger partial charge in [-0.3, -0.25) is 23.4 Å². The van der Waals surface area contributed by atoms with Gasteiger partial charge in [-0.05, 0) is 6.92 Å². The first-order chi connectivity index (χ1) is 17.5. The van der Waals surface area contributed by atoms with E-state index >= 15 is 0 Å². The largest absolute Gasteiger partial charge is 0.483 e. The molecule has 218 valence electrons. The first kappa shape index (κ1) is 31.2. The fourth-order valence-electron chi connectivity index (χ4n) is 3.69. The zero-order valence-electron chi connectivity index (χ0n) is 19.5. The van der Waals surface area contributed by atoms with Crippen molar-refractivity contribution in [3.8, 4) is 0 Å². The van der Waals surface area contributed by atoms with Gasteiger partial charge in [-0.25, -0.2) is 13.9 Å². The Balaban J connectivity index is 1.61. The highest BCUT2D eigenvalue weighted by Crippen LogP contribution is 2.61. The van der Waals surface area contributed by atoms with Gasteiger partial charge in [-0.15, -0.1) is 0 Å². The van der Waals surface area contributed by atoms with Crippen LogP contribution < -0.4 is 11.2 Å². The number of aliphatic hydroxyl groups is 6. The second kappa shape index (κ2) is 12.0. The lowest BCUT2D eigenvalue weighted by molar-refractivity contribution is -0.292. The van der Waals surface area contributed by atoms with Crippen LogP contribution in [-0.4, -0.2) is 112 Å². The standard InChI is InChI=1S/C17H28N2O17P2/c1-6-3-19(17(27)18-15(6)26)10-2-7(21)9(33-10)5-32-37(28,29)36-38(30,31)35-16-13(25)11(23)12(24)14(34-16)8(22)4-20/h3,7-14,16,20-25H,2,4-5H2,1H3,(H,28,29)(H,30,31)(H,18,26,27)/t7-,8-,9+,10+,11?,12?,13?,14?,16?/m0/s1. The van der Waals surface area contributed by atoms with Gasteiger partial charge in [-0.2, -0.15) is 4.31 Å². The smallest absolute Gasteiger partial charge is 0.394 e. The molecule has 1 aromatic rings. The molecule has 3 rings (SSSR count). The summed E-state index contributed by atoms with van der Waals surface area (Å²) in [5.41, 5.74) is -1.30. The molecule has 38 heavy (non-hydrogen) atoms. The minimum Gasteiger partial charge on any atom is -0.394 e. The van der Waals surface area contributed by atoms with Crippen LogP contribution in [0, 0.1) is 6.92 Å². The molecule has 0 radical (unpaired) electrons. The van der Waals surface area contributed by atoms with E-state index in [4.69, 9.17) is 14.6 Å². The predicted octanol–water partition coefficient (Wildman–Crippen LogP) is -4.10. The molecule has 2 aliphatic rings. The third-order valence-electron chi connectivity index (χ3n) is 5.68. The summed E-state index contributed by atoms with van der Waals surface area (Å²) in [6, 6.07) is 0. The Kier molecular flexibility index (Phi) is 9.85. The summed E-state index contributed by atoms with van der Waals surface area (Å²) in [5.74, 6) is 0. The van der Waals surface area contributed by atoms with Crippen molar-refractivity contribution in [2.24, 2.45) is 0 Å². The number of rotatable bonds is 10. The Morgan fingerprint density at radius 1 is 1.11 bits per heavy atom. The molecule has 2 saturated heterocycles. The van der Waals surface area contributed by atoms with E-state index in [0.717, 1.165) is 4.57 Å². The lowest BCUT2D eigenvalue weighted by Gasteiger charge is -2.41. The van der Waals surface area contributed by atoms with Gasteiger partial charge in [-0.1, -0.05) is 0 Å². The maximum absolute atomic E-state index is 12.3. The number of phosphoric acid groups is 2. The molecule has 19 nitrogen and oxygen atoms in total. The number of aromatic nitrogens is 2. The average molecular weight is 594 g/mol. The Morgan fingerprint density at radius 2 is 1.76 bits per heavy atom. The Labute approximate surface area is 212 Å². The molecule has 21 heteroatoms. The fourth-order valence-corrected chi connectivity index (χ4v) is 5.85. The number of aromatic amines is 1. The molecular formula is C17H28N2O17P2.